The Morgan fingerprint density at radius 3 is 2.35 bits per heavy atom. The zero-order valence-electron chi connectivity index (χ0n) is 13.7. The van der Waals surface area contributed by atoms with E-state index >= 15 is 0 Å². The van der Waals surface area contributed by atoms with E-state index in [4.69, 9.17) is 16.3 Å². The molecule has 0 spiro atoms. The molecule has 0 saturated heterocycles. The molecule has 0 aliphatic carbocycles. The minimum absolute atomic E-state index is 0.000917. The van der Waals surface area contributed by atoms with Crippen LogP contribution in [0.1, 0.15) is 36.1 Å². The van der Waals surface area contributed by atoms with Crippen LogP contribution in [0, 0.1) is 13.8 Å². The summed E-state index contributed by atoms with van der Waals surface area (Å²) in [4.78, 5) is 12.1. The molecule has 0 aromatic heterocycles. The highest BCUT2D eigenvalue weighted by Crippen LogP contribution is 2.25. The van der Waals surface area contributed by atoms with Gasteiger partial charge in [-0.2, -0.15) is 0 Å². The molecule has 3 nitrogen and oxygen atoms in total. The number of benzene rings is 2. The van der Waals surface area contributed by atoms with E-state index in [1.165, 1.54) is 0 Å². The van der Waals surface area contributed by atoms with Crippen LogP contribution in [0.15, 0.2) is 42.5 Å². The van der Waals surface area contributed by atoms with E-state index in [9.17, 15) is 4.79 Å². The molecule has 0 aliphatic heterocycles. The highest BCUT2D eigenvalue weighted by Gasteiger charge is 2.13. The number of hydrogen-bond acceptors (Lipinski definition) is 2. The smallest absolute Gasteiger partial charge is 0.258 e. The maximum Gasteiger partial charge on any atom is 0.258 e. The first-order chi connectivity index (χ1) is 11.0. The number of hydrogen-bond donors (Lipinski definition) is 1. The predicted octanol–water partition coefficient (Wildman–Crippen LogP) is 4.60. The van der Waals surface area contributed by atoms with Gasteiger partial charge in [-0.1, -0.05) is 48.9 Å². The molecule has 0 saturated carbocycles. The fourth-order valence-corrected chi connectivity index (χ4v) is 2.59. The van der Waals surface area contributed by atoms with Crippen molar-refractivity contribution in [3.8, 4) is 5.75 Å². The molecular weight excluding hydrogens is 310 g/mol. The van der Waals surface area contributed by atoms with Gasteiger partial charge in [0.15, 0.2) is 6.61 Å². The van der Waals surface area contributed by atoms with Crippen molar-refractivity contribution in [2.75, 3.05) is 6.61 Å². The van der Waals surface area contributed by atoms with Gasteiger partial charge < -0.3 is 10.1 Å². The van der Waals surface area contributed by atoms with Gasteiger partial charge in [0, 0.05) is 5.02 Å². The number of amides is 1. The highest BCUT2D eigenvalue weighted by atomic mass is 35.5. The molecule has 2 aromatic carbocycles. The maximum absolute atomic E-state index is 12.1. The standard InChI is InChI=1S/C19H22ClNO2/c1-4-17(15-8-6-5-7-9-15)21-18(22)12-23-16-10-13(2)19(20)14(3)11-16/h5-11,17H,4,12H2,1-3H3,(H,21,22)/t17-/m0/s1. The van der Waals surface area contributed by atoms with Gasteiger partial charge in [-0.15, -0.1) is 0 Å². The monoisotopic (exact) mass is 331 g/mol. The Bertz CT molecular complexity index is 647. The summed E-state index contributed by atoms with van der Waals surface area (Å²) in [6.07, 6.45) is 0.828. The summed E-state index contributed by atoms with van der Waals surface area (Å²) in [6.45, 7) is 5.88. The fraction of sp³-hybridized carbons (Fsp3) is 0.316. The molecule has 0 fully saturated rings. The number of carbonyl (C=O) groups is 1. The Labute approximate surface area is 142 Å². The number of halogens is 1. The molecule has 2 aromatic rings. The average molecular weight is 332 g/mol. The van der Waals surface area contributed by atoms with Crippen LogP contribution in [-0.4, -0.2) is 12.5 Å². The lowest BCUT2D eigenvalue weighted by atomic mass is 10.0. The largest absolute Gasteiger partial charge is 0.484 e. The quantitative estimate of drug-likeness (QED) is 0.839. The van der Waals surface area contributed by atoms with Gasteiger partial charge >= 0.3 is 0 Å². The average Bonchev–Trinajstić information content (AvgIpc) is 2.56. The summed E-state index contributed by atoms with van der Waals surface area (Å²) in [5.41, 5.74) is 2.98. The van der Waals surface area contributed by atoms with Gasteiger partial charge in [0.25, 0.3) is 5.91 Å². The topological polar surface area (TPSA) is 38.3 Å². The molecule has 1 amide bonds. The zero-order valence-corrected chi connectivity index (χ0v) is 14.5. The first-order valence-electron chi connectivity index (χ1n) is 7.75. The lowest BCUT2D eigenvalue weighted by Gasteiger charge is -2.18. The summed E-state index contributed by atoms with van der Waals surface area (Å²) in [6, 6.07) is 13.6. The van der Waals surface area contributed by atoms with Crippen molar-refractivity contribution in [1.29, 1.82) is 0 Å². The van der Waals surface area contributed by atoms with E-state index in [0.717, 1.165) is 28.1 Å². The van der Waals surface area contributed by atoms with Gasteiger partial charge in [0.05, 0.1) is 6.04 Å². The Morgan fingerprint density at radius 2 is 1.78 bits per heavy atom. The van der Waals surface area contributed by atoms with Crippen molar-refractivity contribution < 1.29 is 9.53 Å². The van der Waals surface area contributed by atoms with E-state index in [0.29, 0.717) is 5.75 Å². The predicted molar refractivity (Wildman–Crippen MR) is 94.0 cm³/mol. The molecule has 0 aliphatic rings. The molecule has 1 N–H and O–H groups in total. The Morgan fingerprint density at radius 1 is 1.17 bits per heavy atom. The number of carbonyl (C=O) groups excluding carboxylic acids is 1. The maximum atomic E-state index is 12.1. The van der Waals surface area contributed by atoms with Crippen molar-refractivity contribution in [2.24, 2.45) is 0 Å². The SMILES string of the molecule is CC[C@H](NC(=O)COc1cc(C)c(Cl)c(C)c1)c1ccccc1. The fourth-order valence-electron chi connectivity index (χ4n) is 2.48. The summed E-state index contributed by atoms with van der Waals surface area (Å²) >= 11 is 6.13. The summed E-state index contributed by atoms with van der Waals surface area (Å²) in [5.74, 6) is 0.526. The lowest BCUT2D eigenvalue weighted by Crippen LogP contribution is -2.32. The van der Waals surface area contributed by atoms with Crippen LogP contribution in [0.5, 0.6) is 5.75 Å². The molecule has 4 heteroatoms. The van der Waals surface area contributed by atoms with Crippen LogP contribution in [-0.2, 0) is 4.79 Å². The summed E-state index contributed by atoms with van der Waals surface area (Å²) < 4.78 is 5.60. The van der Waals surface area contributed by atoms with Crippen LogP contribution in [0.2, 0.25) is 5.02 Å². The number of aryl methyl sites for hydroxylation is 2. The minimum atomic E-state index is -0.133. The molecule has 23 heavy (non-hydrogen) atoms. The normalized spacial score (nSPS) is 11.8. The van der Waals surface area contributed by atoms with E-state index in [1.807, 2.05) is 63.2 Å². The summed E-state index contributed by atoms with van der Waals surface area (Å²) in [7, 11) is 0. The van der Waals surface area contributed by atoms with Crippen molar-refractivity contribution in [3.63, 3.8) is 0 Å². The molecule has 2 rings (SSSR count). The number of ether oxygens (including phenoxy) is 1. The molecule has 0 heterocycles. The second-order valence-corrected chi connectivity index (χ2v) is 5.98. The third-order valence-electron chi connectivity index (χ3n) is 3.73. The highest BCUT2D eigenvalue weighted by molar-refractivity contribution is 6.32. The van der Waals surface area contributed by atoms with E-state index < -0.39 is 0 Å². The van der Waals surface area contributed by atoms with Gasteiger partial charge in [0.2, 0.25) is 0 Å². The second kappa shape index (κ2) is 8.02. The van der Waals surface area contributed by atoms with Crippen LogP contribution in [0.3, 0.4) is 0 Å². The third-order valence-corrected chi connectivity index (χ3v) is 4.32. The van der Waals surface area contributed by atoms with Gasteiger partial charge in [-0.25, -0.2) is 0 Å². The first kappa shape index (κ1) is 17.4. The molecule has 122 valence electrons. The van der Waals surface area contributed by atoms with Crippen molar-refractivity contribution in [2.45, 2.75) is 33.2 Å². The third kappa shape index (κ3) is 4.73. The van der Waals surface area contributed by atoms with Crippen LogP contribution < -0.4 is 10.1 Å². The van der Waals surface area contributed by atoms with E-state index in [-0.39, 0.29) is 18.6 Å². The molecule has 1 atom stereocenters. The molecular formula is C19H22ClNO2. The second-order valence-electron chi connectivity index (χ2n) is 5.60. The first-order valence-corrected chi connectivity index (χ1v) is 8.13. The summed E-state index contributed by atoms with van der Waals surface area (Å²) in [5, 5.41) is 3.74. The Hall–Kier alpha value is -2.00. The van der Waals surface area contributed by atoms with Gasteiger partial charge in [-0.05, 0) is 49.1 Å². The van der Waals surface area contributed by atoms with Crippen molar-refractivity contribution in [3.05, 3.63) is 64.2 Å². The molecule has 0 unspecified atom stereocenters. The van der Waals surface area contributed by atoms with E-state index in [1.54, 1.807) is 0 Å². The number of rotatable bonds is 6. The van der Waals surface area contributed by atoms with E-state index in [2.05, 4.69) is 5.32 Å². The Kier molecular flexibility index (Phi) is 6.05. The van der Waals surface area contributed by atoms with Crippen LogP contribution in [0.4, 0.5) is 0 Å². The van der Waals surface area contributed by atoms with Crippen molar-refractivity contribution in [1.82, 2.24) is 5.32 Å². The molecule has 0 radical (unpaired) electrons. The van der Waals surface area contributed by atoms with Crippen LogP contribution >= 0.6 is 11.6 Å². The minimum Gasteiger partial charge on any atom is -0.484 e. The lowest BCUT2D eigenvalue weighted by molar-refractivity contribution is -0.123. The van der Waals surface area contributed by atoms with Gasteiger partial charge in [-0.3, -0.25) is 4.79 Å². The molecule has 0 bridgehead atoms. The Balaban J connectivity index is 1.94. The van der Waals surface area contributed by atoms with Crippen LogP contribution in [0.25, 0.3) is 0 Å². The van der Waals surface area contributed by atoms with Gasteiger partial charge in [0.1, 0.15) is 5.75 Å². The zero-order chi connectivity index (χ0) is 16.8. The number of nitrogens with one attached hydrogen (secondary N) is 1. The van der Waals surface area contributed by atoms with Crippen molar-refractivity contribution >= 4 is 17.5 Å².